The summed E-state index contributed by atoms with van der Waals surface area (Å²) in [4.78, 5) is 0. The van der Waals surface area contributed by atoms with Gasteiger partial charge in [-0.3, -0.25) is 11.3 Å². The van der Waals surface area contributed by atoms with Crippen molar-refractivity contribution in [3.63, 3.8) is 0 Å². The van der Waals surface area contributed by atoms with Gasteiger partial charge in [0.15, 0.2) is 0 Å². The Kier molecular flexibility index (Phi) is 7.20. The predicted molar refractivity (Wildman–Crippen MR) is 85.4 cm³/mol. The minimum atomic E-state index is 0.0831. The van der Waals surface area contributed by atoms with E-state index in [9.17, 15) is 0 Å². The minimum Gasteiger partial charge on any atom is -0.376 e. The molecule has 0 amide bonds. The van der Waals surface area contributed by atoms with Gasteiger partial charge < -0.3 is 4.74 Å². The fourth-order valence-corrected chi connectivity index (χ4v) is 2.64. The molecule has 2 unspecified atom stereocenters. The van der Waals surface area contributed by atoms with Crippen molar-refractivity contribution in [1.82, 2.24) is 5.43 Å². The van der Waals surface area contributed by atoms with E-state index in [2.05, 4.69) is 56.5 Å². The van der Waals surface area contributed by atoms with Gasteiger partial charge in [-0.2, -0.15) is 0 Å². The zero-order valence-corrected chi connectivity index (χ0v) is 13.4. The van der Waals surface area contributed by atoms with Gasteiger partial charge in [0, 0.05) is 12.6 Å². The molecule has 1 aromatic carbocycles. The van der Waals surface area contributed by atoms with Gasteiger partial charge >= 0.3 is 0 Å². The van der Waals surface area contributed by atoms with E-state index in [1.807, 2.05) is 6.92 Å². The van der Waals surface area contributed by atoms with E-state index in [1.54, 1.807) is 0 Å². The van der Waals surface area contributed by atoms with E-state index in [0.717, 1.165) is 25.9 Å². The van der Waals surface area contributed by atoms with E-state index >= 15 is 0 Å². The first kappa shape index (κ1) is 17.2. The maximum Gasteiger partial charge on any atom is 0.0789 e. The maximum atomic E-state index is 5.92. The second-order valence-electron chi connectivity index (χ2n) is 6.39. The van der Waals surface area contributed by atoms with Crippen LogP contribution in [-0.4, -0.2) is 18.8 Å². The molecule has 0 fully saturated rings. The second kappa shape index (κ2) is 8.40. The number of aryl methyl sites for hydroxylation is 1. The van der Waals surface area contributed by atoms with Gasteiger partial charge in [-0.1, -0.05) is 51.1 Å². The van der Waals surface area contributed by atoms with Crippen LogP contribution in [0.3, 0.4) is 0 Å². The van der Waals surface area contributed by atoms with Crippen molar-refractivity contribution in [2.45, 2.75) is 59.1 Å². The van der Waals surface area contributed by atoms with E-state index in [0.29, 0.717) is 0 Å². The van der Waals surface area contributed by atoms with Crippen molar-refractivity contribution < 1.29 is 4.74 Å². The molecule has 0 spiro atoms. The molecule has 1 aromatic rings. The van der Waals surface area contributed by atoms with E-state index in [1.165, 1.54) is 5.56 Å². The van der Waals surface area contributed by atoms with Crippen molar-refractivity contribution in [2.75, 3.05) is 6.61 Å². The van der Waals surface area contributed by atoms with Crippen LogP contribution < -0.4 is 11.3 Å². The third-order valence-electron chi connectivity index (χ3n) is 3.60. The topological polar surface area (TPSA) is 47.3 Å². The van der Waals surface area contributed by atoms with Gasteiger partial charge in [0.25, 0.3) is 0 Å². The zero-order valence-electron chi connectivity index (χ0n) is 13.4. The molecule has 0 aliphatic rings. The molecule has 0 bridgehead atoms. The van der Waals surface area contributed by atoms with Gasteiger partial charge in [0.05, 0.1) is 6.10 Å². The second-order valence-corrected chi connectivity index (χ2v) is 6.39. The third kappa shape index (κ3) is 5.61. The van der Waals surface area contributed by atoms with Crippen LogP contribution in [0, 0.1) is 5.41 Å². The third-order valence-corrected chi connectivity index (χ3v) is 3.60. The number of ether oxygens (including phenoxy) is 1. The highest BCUT2D eigenvalue weighted by molar-refractivity contribution is 5.14. The van der Waals surface area contributed by atoms with Crippen LogP contribution in [0.2, 0.25) is 0 Å². The van der Waals surface area contributed by atoms with Crippen molar-refractivity contribution in [1.29, 1.82) is 0 Å². The number of rotatable bonds is 8. The van der Waals surface area contributed by atoms with Crippen LogP contribution in [0.25, 0.3) is 0 Å². The molecule has 0 aliphatic carbocycles. The van der Waals surface area contributed by atoms with Crippen molar-refractivity contribution in [3.05, 3.63) is 35.9 Å². The summed E-state index contributed by atoms with van der Waals surface area (Å²) in [5.74, 6) is 5.75. The van der Waals surface area contributed by atoms with Gasteiger partial charge in [0.2, 0.25) is 0 Å². The van der Waals surface area contributed by atoms with Crippen molar-refractivity contribution >= 4 is 0 Å². The summed E-state index contributed by atoms with van der Waals surface area (Å²) >= 11 is 0. The Labute approximate surface area is 123 Å². The fourth-order valence-electron chi connectivity index (χ4n) is 2.64. The van der Waals surface area contributed by atoms with Crippen LogP contribution in [0.1, 0.15) is 46.1 Å². The first-order valence-corrected chi connectivity index (χ1v) is 7.60. The van der Waals surface area contributed by atoms with Gasteiger partial charge in [-0.05, 0) is 37.2 Å². The molecule has 0 aliphatic heterocycles. The van der Waals surface area contributed by atoms with E-state index < -0.39 is 0 Å². The van der Waals surface area contributed by atoms with Crippen molar-refractivity contribution in [2.24, 2.45) is 11.3 Å². The number of hydrogen-bond donors (Lipinski definition) is 2. The fraction of sp³-hybridized carbons (Fsp3) is 0.647. The maximum absolute atomic E-state index is 5.92. The first-order valence-electron chi connectivity index (χ1n) is 7.60. The minimum absolute atomic E-state index is 0.0831. The molecule has 3 N–H and O–H groups in total. The molecule has 3 nitrogen and oxygen atoms in total. The molecule has 114 valence electrons. The first-order chi connectivity index (χ1) is 9.49. The monoisotopic (exact) mass is 278 g/mol. The van der Waals surface area contributed by atoms with Crippen molar-refractivity contribution in [3.8, 4) is 0 Å². The van der Waals surface area contributed by atoms with Gasteiger partial charge in [0.1, 0.15) is 0 Å². The Bertz CT molecular complexity index is 359. The molecule has 0 heterocycles. The van der Waals surface area contributed by atoms with E-state index in [-0.39, 0.29) is 17.6 Å². The smallest absolute Gasteiger partial charge is 0.0789 e. The summed E-state index contributed by atoms with van der Waals surface area (Å²) in [7, 11) is 0. The Morgan fingerprint density at radius 1 is 1.20 bits per heavy atom. The molecule has 0 radical (unpaired) electrons. The predicted octanol–water partition coefficient (Wildman–Crippen LogP) is 3.29. The molecular formula is C17H30N2O. The molecule has 1 rings (SSSR count). The number of nitrogens with one attached hydrogen (secondary N) is 1. The number of hydrogen-bond acceptors (Lipinski definition) is 3. The average molecular weight is 278 g/mol. The lowest BCUT2D eigenvalue weighted by molar-refractivity contribution is -0.0377. The highest BCUT2D eigenvalue weighted by Gasteiger charge is 2.31. The molecule has 0 saturated carbocycles. The Morgan fingerprint density at radius 2 is 1.85 bits per heavy atom. The van der Waals surface area contributed by atoms with Crippen LogP contribution in [0.15, 0.2) is 30.3 Å². The van der Waals surface area contributed by atoms with Gasteiger partial charge in [-0.15, -0.1) is 0 Å². The molecule has 0 aromatic heterocycles. The molecule has 2 atom stereocenters. The summed E-state index contributed by atoms with van der Waals surface area (Å²) < 4.78 is 5.92. The molecular weight excluding hydrogens is 248 g/mol. The lowest BCUT2D eigenvalue weighted by Crippen LogP contribution is -2.50. The molecule has 3 heteroatoms. The summed E-state index contributed by atoms with van der Waals surface area (Å²) in [5.41, 5.74) is 4.42. The zero-order chi connectivity index (χ0) is 15.0. The summed E-state index contributed by atoms with van der Waals surface area (Å²) in [6, 6.07) is 10.8. The normalized spacial score (nSPS) is 15.1. The van der Waals surface area contributed by atoms with Crippen LogP contribution in [0.4, 0.5) is 0 Å². The van der Waals surface area contributed by atoms with Crippen LogP contribution in [0.5, 0.6) is 0 Å². The van der Waals surface area contributed by atoms with Gasteiger partial charge in [-0.25, -0.2) is 0 Å². The number of nitrogens with two attached hydrogens (primary N) is 1. The lowest BCUT2D eigenvalue weighted by Gasteiger charge is -2.36. The Morgan fingerprint density at radius 3 is 2.35 bits per heavy atom. The summed E-state index contributed by atoms with van der Waals surface area (Å²) in [6.07, 6.45) is 3.35. The standard InChI is InChI=1S/C17H30N2O/c1-5-20-16(17(2,3)4)15(19-18)13-9-12-14-10-7-6-8-11-14/h6-8,10-11,15-16,19H,5,9,12-13,18H2,1-4H3. The molecule has 0 saturated heterocycles. The SMILES string of the molecule is CCOC(C(CCCc1ccccc1)NN)C(C)(C)C. The quantitative estimate of drug-likeness (QED) is 0.566. The lowest BCUT2D eigenvalue weighted by atomic mass is 9.83. The highest BCUT2D eigenvalue weighted by atomic mass is 16.5. The summed E-state index contributed by atoms with van der Waals surface area (Å²) in [5, 5.41) is 0. The largest absolute Gasteiger partial charge is 0.376 e. The van der Waals surface area contributed by atoms with Crippen LogP contribution >= 0.6 is 0 Å². The average Bonchev–Trinajstić information content (AvgIpc) is 2.42. The highest BCUT2D eigenvalue weighted by Crippen LogP contribution is 2.27. The van der Waals surface area contributed by atoms with Crippen LogP contribution in [-0.2, 0) is 11.2 Å². The number of hydrazine groups is 1. The Hall–Kier alpha value is -0.900. The number of benzene rings is 1. The molecule has 20 heavy (non-hydrogen) atoms. The Balaban J connectivity index is 2.52. The van der Waals surface area contributed by atoms with E-state index in [4.69, 9.17) is 10.6 Å². The summed E-state index contributed by atoms with van der Waals surface area (Å²) in [6.45, 7) is 9.37.